The van der Waals surface area contributed by atoms with Gasteiger partial charge in [0.2, 0.25) is 0 Å². The number of rotatable bonds is 5. The Balaban J connectivity index is 0.000000258. The molecule has 0 spiro atoms. The van der Waals surface area contributed by atoms with Gasteiger partial charge < -0.3 is 14.4 Å². The summed E-state index contributed by atoms with van der Waals surface area (Å²) in [5.74, 6) is -0.192. The van der Waals surface area contributed by atoms with E-state index in [1.807, 2.05) is 48.7 Å². The Morgan fingerprint density at radius 1 is 0.804 bits per heavy atom. The minimum Gasteiger partial charge on any atom is -0.501 e. The van der Waals surface area contributed by atoms with Crippen LogP contribution in [0.5, 0.6) is 0 Å². The van der Waals surface area contributed by atoms with Gasteiger partial charge in [0.1, 0.15) is 5.58 Å². The van der Waals surface area contributed by atoms with Crippen molar-refractivity contribution in [3.05, 3.63) is 143 Å². The third kappa shape index (κ3) is 8.09. The van der Waals surface area contributed by atoms with Crippen LogP contribution in [-0.4, -0.2) is 9.97 Å². The summed E-state index contributed by atoms with van der Waals surface area (Å²) in [6.45, 7) is -0.849. The smallest absolute Gasteiger partial charge is 0.120 e. The number of para-hydroxylation sites is 1. The van der Waals surface area contributed by atoms with Crippen LogP contribution in [0.4, 0.5) is 0 Å². The van der Waals surface area contributed by atoms with Crippen molar-refractivity contribution in [2.75, 3.05) is 0 Å². The Hall–Kier alpha value is -4.37. The third-order valence-electron chi connectivity index (χ3n) is 9.25. The van der Waals surface area contributed by atoms with Crippen LogP contribution >= 0.6 is 0 Å². The summed E-state index contributed by atoms with van der Waals surface area (Å²) in [6.07, 6.45) is 4.83. The molecule has 1 radical (unpaired) electrons. The molecule has 1 saturated carbocycles. The van der Waals surface area contributed by atoms with Gasteiger partial charge in [-0.15, -0.1) is 53.6 Å². The maximum absolute atomic E-state index is 8.82. The fourth-order valence-electron chi connectivity index (χ4n) is 6.45. The third-order valence-corrected chi connectivity index (χ3v) is 9.25. The molecule has 0 atom stereocenters. The molecule has 3 nitrogen and oxygen atoms in total. The average Bonchev–Trinajstić information content (AvgIpc) is 3.89. The van der Waals surface area contributed by atoms with E-state index in [2.05, 4.69) is 42.9 Å². The molecule has 1 aliphatic carbocycles. The molecular weight excluding hydrogens is 801 g/mol. The van der Waals surface area contributed by atoms with Gasteiger partial charge in [-0.1, -0.05) is 119 Å². The predicted octanol–water partition coefficient (Wildman–Crippen LogP) is 12.6. The number of nitrogens with zero attached hydrogens (tertiary/aromatic N) is 2. The number of hydrogen-bond donors (Lipinski definition) is 0. The molecular formula is C47H46IrN2O-2. The van der Waals surface area contributed by atoms with Crippen LogP contribution in [-0.2, 0) is 31.9 Å². The Morgan fingerprint density at radius 2 is 1.63 bits per heavy atom. The quantitative estimate of drug-likeness (QED) is 0.162. The topological polar surface area (TPSA) is 38.9 Å². The van der Waals surface area contributed by atoms with E-state index in [1.54, 1.807) is 36.4 Å². The maximum atomic E-state index is 8.82. The number of fused-ring (bicyclic) bond motifs is 3. The Bertz CT molecular complexity index is 2620. The second-order valence-corrected chi connectivity index (χ2v) is 13.9. The summed E-state index contributed by atoms with van der Waals surface area (Å²) >= 11 is 0. The Labute approximate surface area is 332 Å². The molecule has 3 aromatic heterocycles. The average molecular weight is 858 g/mol. The molecule has 4 heteroatoms. The summed E-state index contributed by atoms with van der Waals surface area (Å²) in [4.78, 5) is 8.91. The van der Waals surface area contributed by atoms with Gasteiger partial charge in [-0.25, -0.2) is 0 Å². The first kappa shape index (κ1) is 24.8. The summed E-state index contributed by atoms with van der Waals surface area (Å²) in [6, 6.07) is 32.4. The van der Waals surface area contributed by atoms with E-state index in [0.717, 1.165) is 47.7 Å². The van der Waals surface area contributed by atoms with Crippen molar-refractivity contribution < 1.29 is 39.6 Å². The van der Waals surface area contributed by atoms with E-state index >= 15 is 0 Å². The van der Waals surface area contributed by atoms with Crippen LogP contribution in [0.15, 0.2) is 108 Å². The Kier molecular flexibility index (Phi) is 7.51. The van der Waals surface area contributed by atoms with Gasteiger partial charge in [0, 0.05) is 53.0 Å². The molecule has 0 amide bonds. The molecule has 3 heterocycles. The molecule has 1 aliphatic rings. The van der Waals surface area contributed by atoms with Gasteiger partial charge in [-0.05, 0) is 82.2 Å². The predicted molar refractivity (Wildman–Crippen MR) is 208 cm³/mol. The van der Waals surface area contributed by atoms with Gasteiger partial charge in [-0.3, -0.25) is 0 Å². The maximum Gasteiger partial charge on any atom is 0.120 e. The molecule has 0 saturated heterocycles. The van der Waals surface area contributed by atoms with E-state index in [4.69, 9.17) is 19.5 Å². The van der Waals surface area contributed by atoms with E-state index < -0.39 is 26.9 Å². The standard InChI is InChI=1S/C31H28NO.C16H18N.Ir/c1-20-16-23(17-22-8-3-4-9-22)14-15-24(20)28-18-29(32-19-21(28)2)27-12-7-11-26-25-10-5-6-13-30(25)33-31(26)27;1-12-5-7-13(8-6-12)15-10-9-14(11-17-15)16(2,3)4;/h5-7,10-11,13-16,18-19,22H,3-4,8-9,17H2,1-2H3;5-7,9-11H,1-4H3;/q2*-1;/i1D3,2D3,17D2;1D3;. The normalized spacial score (nSPS) is 17.4. The zero-order valence-electron chi connectivity index (χ0n) is 39.9. The van der Waals surface area contributed by atoms with Crippen LogP contribution < -0.4 is 0 Å². The first-order valence-electron chi connectivity index (χ1n) is 22.5. The van der Waals surface area contributed by atoms with Crippen LogP contribution in [0, 0.1) is 38.6 Å². The molecule has 0 N–H and O–H groups in total. The minimum absolute atomic E-state index is 0. The number of pyridine rings is 2. The number of aryl methyl sites for hydroxylation is 3. The van der Waals surface area contributed by atoms with E-state index in [9.17, 15) is 0 Å². The fraction of sp³-hybridized carbons (Fsp3) is 0.277. The van der Waals surface area contributed by atoms with Gasteiger partial charge in [0.05, 0.1) is 5.58 Å². The molecule has 261 valence electrons. The van der Waals surface area contributed by atoms with Gasteiger partial charge in [0.25, 0.3) is 0 Å². The molecule has 8 rings (SSSR count). The molecule has 0 aliphatic heterocycles. The van der Waals surface area contributed by atoms with Gasteiger partial charge >= 0.3 is 0 Å². The van der Waals surface area contributed by atoms with E-state index in [1.165, 1.54) is 23.9 Å². The molecule has 4 aromatic carbocycles. The van der Waals surface area contributed by atoms with Crippen molar-refractivity contribution in [2.45, 2.75) is 78.8 Å². The zero-order valence-corrected chi connectivity index (χ0v) is 31.3. The van der Waals surface area contributed by atoms with Crippen LogP contribution in [0.25, 0.3) is 55.6 Å². The SMILES string of the molecule is [2H]C([2H])([2H])c1c[c-]c(-c2ccc(C(C)(C)C)cn2)cc1.[2H]C([2H])([2H])c1cnc(-c2[c-]ccc3c2oc2ccccc23)cc1-c1ccc(C([2H])([2H])C2CCCC2)cc1C([2H])([2H])[2H].[Ir]. The van der Waals surface area contributed by atoms with Crippen molar-refractivity contribution in [1.82, 2.24) is 9.97 Å². The van der Waals surface area contributed by atoms with Crippen molar-refractivity contribution in [3.8, 4) is 33.6 Å². The molecule has 0 bridgehead atoms. The van der Waals surface area contributed by atoms with E-state index in [-0.39, 0.29) is 53.7 Å². The number of hydrogen-bond acceptors (Lipinski definition) is 3. The zero-order chi connectivity index (χ0) is 44.1. The van der Waals surface area contributed by atoms with Crippen LogP contribution in [0.2, 0.25) is 0 Å². The molecule has 51 heavy (non-hydrogen) atoms. The van der Waals surface area contributed by atoms with Gasteiger partial charge in [-0.2, -0.15) is 0 Å². The van der Waals surface area contributed by atoms with Gasteiger partial charge in [0.15, 0.2) is 0 Å². The van der Waals surface area contributed by atoms with Crippen molar-refractivity contribution in [1.29, 1.82) is 0 Å². The first-order chi connectivity index (χ1) is 28.5. The summed E-state index contributed by atoms with van der Waals surface area (Å²) in [5.41, 5.74) is 5.83. The number of aromatic nitrogens is 2. The second kappa shape index (κ2) is 15.5. The van der Waals surface area contributed by atoms with Crippen molar-refractivity contribution in [3.63, 3.8) is 0 Å². The summed E-state index contributed by atoms with van der Waals surface area (Å²) in [7, 11) is 0. The summed E-state index contributed by atoms with van der Waals surface area (Å²) < 4.78 is 95.3. The van der Waals surface area contributed by atoms with Crippen molar-refractivity contribution in [2.24, 2.45) is 5.92 Å². The molecule has 0 unspecified atom stereocenters. The summed E-state index contributed by atoms with van der Waals surface area (Å²) in [5, 5.41) is 1.79. The van der Waals surface area contributed by atoms with Crippen LogP contribution in [0.1, 0.15) is 89.4 Å². The number of furan rings is 1. The minimum atomic E-state index is -2.61. The van der Waals surface area contributed by atoms with Crippen molar-refractivity contribution >= 4 is 21.9 Å². The first-order valence-corrected chi connectivity index (χ1v) is 17.0. The van der Waals surface area contributed by atoms with E-state index in [0.29, 0.717) is 33.6 Å². The Morgan fingerprint density at radius 3 is 2.35 bits per heavy atom. The fourth-order valence-corrected chi connectivity index (χ4v) is 6.45. The molecule has 7 aromatic rings. The van der Waals surface area contributed by atoms with Crippen LogP contribution in [0.3, 0.4) is 0 Å². The monoisotopic (exact) mass is 858 g/mol. The number of benzene rings is 4. The largest absolute Gasteiger partial charge is 0.501 e. The second-order valence-electron chi connectivity index (χ2n) is 13.9. The molecule has 1 fully saturated rings.